The number of esters is 1. The summed E-state index contributed by atoms with van der Waals surface area (Å²) in [6, 6.07) is 7.91. The first kappa shape index (κ1) is 16.1. The van der Waals surface area contributed by atoms with Crippen molar-refractivity contribution >= 4 is 40.1 Å². The normalized spacial score (nSPS) is 21.7. The van der Waals surface area contributed by atoms with Crippen LogP contribution >= 0.6 is 23.2 Å². The van der Waals surface area contributed by atoms with Gasteiger partial charge in [-0.25, -0.2) is 4.79 Å². The maximum absolute atomic E-state index is 12.4. The fourth-order valence-corrected chi connectivity index (χ4v) is 3.13. The standard InChI is InChI=1S/C17H14Cl2O4/c1-17(2)11(8-13(18)19)15(17)16(21)22-10-5-3-9-4-6-14(20)23-12(9)7-10/h3-8,11,15H,1-2H3/t11-,15-/m0/s1. The van der Waals surface area contributed by atoms with E-state index < -0.39 is 5.63 Å². The molecule has 0 radical (unpaired) electrons. The minimum Gasteiger partial charge on any atom is -0.426 e. The van der Waals surface area contributed by atoms with Gasteiger partial charge in [0.05, 0.1) is 5.92 Å². The van der Waals surface area contributed by atoms with Gasteiger partial charge in [-0.15, -0.1) is 0 Å². The molecule has 120 valence electrons. The number of ether oxygens (including phenoxy) is 1. The Morgan fingerprint density at radius 1 is 1.26 bits per heavy atom. The number of allylic oxidation sites excluding steroid dienone is 1. The Morgan fingerprint density at radius 3 is 2.65 bits per heavy atom. The second-order valence-electron chi connectivity index (χ2n) is 6.16. The molecule has 0 N–H and O–H groups in total. The van der Waals surface area contributed by atoms with Crippen LogP contribution in [0.3, 0.4) is 0 Å². The average molecular weight is 353 g/mol. The first-order chi connectivity index (χ1) is 10.8. The highest BCUT2D eigenvalue weighted by Gasteiger charge is 2.61. The highest BCUT2D eigenvalue weighted by Crippen LogP contribution is 2.60. The van der Waals surface area contributed by atoms with Crippen molar-refractivity contribution in [1.29, 1.82) is 0 Å². The van der Waals surface area contributed by atoms with Crippen molar-refractivity contribution in [3.05, 3.63) is 51.3 Å². The predicted molar refractivity (Wildman–Crippen MR) is 88.7 cm³/mol. The van der Waals surface area contributed by atoms with Crippen LogP contribution in [0.4, 0.5) is 0 Å². The van der Waals surface area contributed by atoms with Gasteiger partial charge in [0, 0.05) is 17.5 Å². The Labute approximate surface area is 142 Å². The molecular weight excluding hydrogens is 339 g/mol. The monoisotopic (exact) mass is 352 g/mol. The van der Waals surface area contributed by atoms with Crippen molar-refractivity contribution in [2.45, 2.75) is 13.8 Å². The summed E-state index contributed by atoms with van der Waals surface area (Å²) in [6.45, 7) is 3.91. The van der Waals surface area contributed by atoms with E-state index in [2.05, 4.69) is 0 Å². The molecule has 4 nitrogen and oxygen atoms in total. The molecule has 3 rings (SSSR count). The lowest BCUT2D eigenvalue weighted by molar-refractivity contribution is -0.136. The van der Waals surface area contributed by atoms with Gasteiger partial charge in [0.1, 0.15) is 15.8 Å². The smallest absolute Gasteiger partial charge is 0.336 e. The van der Waals surface area contributed by atoms with Gasteiger partial charge in [-0.05, 0) is 35.6 Å². The molecular formula is C17H14Cl2O4. The van der Waals surface area contributed by atoms with Crippen molar-refractivity contribution in [2.75, 3.05) is 0 Å². The molecule has 2 aromatic rings. The number of benzene rings is 1. The number of hydrogen-bond donors (Lipinski definition) is 0. The number of carbonyl (C=O) groups is 1. The van der Waals surface area contributed by atoms with E-state index in [1.165, 1.54) is 12.1 Å². The van der Waals surface area contributed by atoms with Crippen molar-refractivity contribution in [1.82, 2.24) is 0 Å². The lowest BCUT2D eigenvalue weighted by Gasteiger charge is -2.06. The van der Waals surface area contributed by atoms with Crippen LogP contribution in [0.2, 0.25) is 0 Å². The van der Waals surface area contributed by atoms with Gasteiger partial charge in [0.25, 0.3) is 0 Å². The van der Waals surface area contributed by atoms with E-state index in [1.807, 2.05) is 13.8 Å². The van der Waals surface area contributed by atoms with Gasteiger partial charge in [0.15, 0.2) is 0 Å². The molecule has 6 heteroatoms. The van der Waals surface area contributed by atoms with Gasteiger partial charge >= 0.3 is 11.6 Å². The van der Waals surface area contributed by atoms with Gasteiger partial charge < -0.3 is 9.15 Å². The minimum atomic E-state index is -0.453. The van der Waals surface area contributed by atoms with Crippen molar-refractivity contribution < 1.29 is 13.9 Å². The van der Waals surface area contributed by atoms with Crippen LogP contribution in [0.15, 0.2) is 50.1 Å². The maximum Gasteiger partial charge on any atom is 0.336 e. The average Bonchev–Trinajstić information content (AvgIpc) is 2.98. The Morgan fingerprint density at radius 2 is 1.96 bits per heavy atom. The lowest BCUT2D eigenvalue weighted by atomic mass is 10.1. The molecule has 23 heavy (non-hydrogen) atoms. The number of halogens is 2. The summed E-state index contributed by atoms with van der Waals surface area (Å²) in [7, 11) is 0. The summed E-state index contributed by atoms with van der Waals surface area (Å²) in [5, 5.41) is 0.755. The molecule has 2 atom stereocenters. The van der Waals surface area contributed by atoms with Crippen LogP contribution in [0, 0.1) is 17.3 Å². The molecule has 0 aliphatic heterocycles. The molecule has 1 aromatic carbocycles. The molecule has 0 spiro atoms. The van der Waals surface area contributed by atoms with Crippen LogP contribution in [-0.2, 0) is 4.79 Å². The first-order valence-electron chi connectivity index (χ1n) is 7.07. The molecule has 0 saturated heterocycles. The number of fused-ring (bicyclic) bond motifs is 1. The predicted octanol–water partition coefficient (Wildman–Crippen LogP) is 4.29. The Bertz CT molecular complexity index is 862. The van der Waals surface area contributed by atoms with Crippen LogP contribution in [0.1, 0.15) is 13.8 Å². The van der Waals surface area contributed by atoms with E-state index >= 15 is 0 Å². The molecule has 0 amide bonds. The number of rotatable bonds is 3. The molecule has 1 aromatic heterocycles. The first-order valence-corrected chi connectivity index (χ1v) is 7.83. The van der Waals surface area contributed by atoms with Crippen LogP contribution < -0.4 is 10.4 Å². The summed E-state index contributed by atoms with van der Waals surface area (Å²) < 4.78 is 10.6. The van der Waals surface area contributed by atoms with Gasteiger partial charge in [0.2, 0.25) is 0 Å². The van der Waals surface area contributed by atoms with Crippen molar-refractivity contribution in [2.24, 2.45) is 17.3 Å². The SMILES string of the molecule is CC1(C)[C@H](C(=O)Oc2ccc3ccc(=O)oc3c2)[C@@H]1C=C(Cl)Cl. The van der Waals surface area contributed by atoms with E-state index in [4.69, 9.17) is 32.4 Å². The summed E-state index contributed by atoms with van der Waals surface area (Å²) in [4.78, 5) is 23.6. The summed E-state index contributed by atoms with van der Waals surface area (Å²) in [5.74, 6) is -0.394. The zero-order chi connectivity index (χ0) is 16.8. The summed E-state index contributed by atoms with van der Waals surface area (Å²) >= 11 is 11.4. The Kier molecular flexibility index (Phi) is 3.98. The molecule has 1 fully saturated rings. The maximum atomic E-state index is 12.4. The van der Waals surface area contributed by atoms with E-state index in [-0.39, 0.29) is 27.7 Å². The zero-order valence-electron chi connectivity index (χ0n) is 12.5. The second kappa shape index (κ2) is 5.69. The molecule has 1 aliphatic carbocycles. The largest absolute Gasteiger partial charge is 0.426 e. The molecule has 1 aliphatic rings. The van der Waals surface area contributed by atoms with Crippen molar-refractivity contribution in [3.63, 3.8) is 0 Å². The number of hydrogen-bond acceptors (Lipinski definition) is 4. The van der Waals surface area contributed by atoms with Gasteiger partial charge in [-0.1, -0.05) is 37.0 Å². The van der Waals surface area contributed by atoms with Crippen molar-refractivity contribution in [3.8, 4) is 5.75 Å². The highest BCUT2D eigenvalue weighted by molar-refractivity contribution is 6.55. The highest BCUT2D eigenvalue weighted by atomic mass is 35.5. The van der Waals surface area contributed by atoms with E-state index in [0.29, 0.717) is 11.3 Å². The lowest BCUT2D eigenvalue weighted by Crippen LogP contribution is -2.13. The van der Waals surface area contributed by atoms with Crippen LogP contribution in [0.25, 0.3) is 11.0 Å². The fourth-order valence-electron chi connectivity index (χ4n) is 2.86. The molecule has 0 bridgehead atoms. The topological polar surface area (TPSA) is 56.5 Å². The van der Waals surface area contributed by atoms with E-state index in [1.54, 1.807) is 24.3 Å². The number of carbonyl (C=O) groups excluding carboxylic acids is 1. The van der Waals surface area contributed by atoms with E-state index in [9.17, 15) is 9.59 Å². The Hall–Kier alpha value is -1.78. The molecule has 1 saturated carbocycles. The molecule has 0 unspecified atom stereocenters. The van der Waals surface area contributed by atoms with E-state index in [0.717, 1.165) is 5.39 Å². The van der Waals surface area contributed by atoms with Crippen LogP contribution in [0.5, 0.6) is 5.75 Å². The Balaban J connectivity index is 1.81. The second-order valence-corrected chi connectivity index (χ2v) is 7.16. The fraction of sp³-hybridized carbons (Fsp3) is 0.294. The summed E-state index contributed by atoms with van der Waals surface area (Å²) in [5.41, 5.74) is -0.334. The van der Waals surface area contributed by atoms with Gasteiger partial charge in [-0.3, -0.25) is 4.79 Å². The van der Waals surface area contributed by atoms with Gasteiger partial charge in [-0.2, -0.15) is 0 Å². The zero-order valence-corrected chi connectivity index (χ0v) is 14.0. The third-order valence-electron chi connectivity index (χ3n) is 4.28. The molecule has 1 heterocycles. The van der Waals surface area contributed by atoms with Crippen LogP contribution in [-0.4, -0.2) is 5.97 Å². The third-order valence-corrected chi connectivity index (χ3v) is 4.54. The summed E-state index contributed by atoms with van der Waals surface area (Å²) in [6.07, 6.45) is 1.66. The quantitative estimate of drug-likeness (QED) is 0.469. The minimum absolute atomic E-state index is 0.0570. The third kappa shape index (κ3) is 3.14.